The number of methoxy groups -OCH3 is 2. The molecular weight excluding hydrogens is 404 g/mol. The van der Waals surface area contributed by atoms with Crippen LogP contribution in [0.25, 0.3) is 10.9 Å². The number of anilines is 1. The molecule has 0 aliphatic rings. The Balaban J connectivity index is 1.62. The number of carbonyl (C=O) groups is 4. The molecule has 0 saturated heterocycles. The molecule has 1 aromatic heterocycles. The SMILES string of the molecule is COC(=O)c1cc(NC(=O)COC(=O)Cc2c[nH]c3ccccc23)cc(C(=O)OC)c1. The van der Waals surface area contributed by atoms with Crippen LogP contribution in [0.15, 0.2) is 48.7 Å². The normalized spacial score (nSPS) is 10.4. The second kappa shape index (κ2) is 9.57. The van der Waals surface area contributed by atoms with Crippen molar-refractivity contribution >= 4 is 40.4 Å². The van der Waals surface area contributed by atoms with E-state index in [1.807, 2.05) is 24.3 Å². The molecule has 9 heteroatoms. The van der Waals surface area contributed by atoms with Crippen LogP contribution in [0.2, 0.25) is 0 Å². The minimum Gasteiger partial charge on any atom is -0.465 e. The Labute approximate surface area is 177 Å². The van der Waals surface area contributed by atoms with E-state index in [1.165, 1.54) is 32.4 Å². The molecule has 0 aliphatic carbocycles. The molecule has 0 saturated carbocycles. The van der Waals surface area contributed by atoms with Gasteiger partial charge in [0.25, 0.3) is 5.91 Å². The fourth-order valence-corrected chi connectivity index (χ4v) is 3.00. The van der Waals surface area contributed by atoms with Crippen LogP contribution in [0.1, 0.15) is 26.3 Å². The molecule has 1 amide bonds. The van der Waals surface area contributed by atoms with Gasteiger partial charge in [-0.3, -0.25) is 9.59 Å². The maximum atomic E-state index is 12.2. The van der Waals surface area contributed by atoms with E-state index in [-0.39, 0.29) is 23.2 Å². The van der Waals surface area contributed by atoms with E-state index in [1.54, 1.807) is 6.20 Å². The van der Waals surface area contributed by atoms with E-state index in [2.05, 4.69) is 19.8 Å². The molecule has 0 atom stereocenters. The second-order valence-electron chi connectivity index (χ2n) is 6.53. The van der Waals surface area contributed by atoms with Crippen LogP contribution in [0.5, 0.6) is 0 Å². The summed E-state index contributed by atoms with van der Waals surface area (Å²) in [6, 6.07) is 11.5. The smallest absolute Gasteiger partial charge is 0.337 e. The zero-order valence-corrected chi connectivity index (χ0v) is 16.9. The number of hydrogen-bond donors (Lipinski definition) is 2. The first-order valence-corrected chi connectivity index (χ1v) is 9.23. The monoisotopic (exact) mass is 424 g/mol. The molecule has 3 rings (SSSR count). The molecule has 31 heavy (non-hydrogen) atoms. The molecule has 0 spiro atoms. The topological polar surface area (TPSA) is 124 Å². The van der Waals surface area contributed by atoms with Crippen LogP contribution < -0.4 is 5.32 Å². The number of carbonyl (C=O) groups excluding carboxylic acids is 4. The number of hydrogen-bond acceptors (Lipinski definition) is 7. The van der Waals surface area contributed by atoms with Crippen molar-refractivity contribution in [1.29, 1.82) is 0 Å². The second-order valence-corrected chi connectivity index (χ2v) is 6.53. The number of esters is 3. The molecule has 2 aromatic carbocycles. The summed E-state index contributed by atoms with van der Waals surface area (Å²) in [5.74, 6) is -2.58. The van der Waals surface area contributed by atoms with E-state index in [0.29, 0.717) is 0 Å². The zero-order valence-electron chi connectivity index (χ0n) is 16.9. The summed E-state index contributed by atoms with van der Waals surface area (Å²) in [5, 5.41) is 3.39. The van der Waals surface area contributed by atoms with Crippen molar-refractivity contribution < 1.29 is 33.4 Å². The standard InChI is InChI=1S/C22H20N2O7/c1-29-21(27)13-7-14(22(28)30-2)9-16(8-13)24-19(25)12-31-20(26)10-15-11-23-18-6-4-3-5-17(15)18/h3-9,11,23H,10,12H2,1-2H3,(H,24,25). The molecule has 0 unspecified atom stereocenters. The number of rotatable bonds is 7. The quantitative estimate of drug-likeness (QED) is 0.441. The molecule has 0 radical (unpaired) electrons. The lowest BCUT2D eigenvalue weighted by molar-refractivity contribution is -0.146. The van der Waals surface area contributed by atoms with Crippen molar-refractivity contribution in [2.45, 2.75) is 6.42 Å². The Morgan fingerprint density at radius 3 is 2.23 bits per heavy atom. The van der Waals surface area contributed by atoms with Gasteiger partial charge in [-0.2, -0.15) is 0 Å². The van der Waals surface area contributed by atoms with Crippen molar-refractivity contribution in [3.8, 4) is 0 Å². The molecule has 9 nitrogen and oxygen atoms in total. The number of amides is 1. The number of nitrogens with one attached hydrogen (secondary N) is 2. The van der Waals surface area contributed by atoms with Crippen LogP contribution in [-0.4, -0.2) is 49.6 Å². The summed E-state index contributed by atoms with van der Waals surface area (Å²) in [6.07, 6.45) is 1.72. The summed E-state index contributed by atoms with van der Waals surface area (Å²) in [5.41, 5.74) is 1.92. The minimum atomic E-state index is -0.689. The van der Waals surface area contributed by atoms with Gasteiger partial charge >= 0.3 is 17.9 Å². The number of aromatic nitrogens is 1. The fraction of sp³-hybridized carbons (Fsp3) is 0.182. The Hall–Kier alpha value is -4.14. The van der Waals surface area contributed by atoms with Gasteiger partial charge in [-0.1, -0.05) is 18.2 Å². The third-order valence-corrected chi connectivity index (χ3v) is 4.43. The van der Waals surface area contributed by atoms with Crippen LogP contribution in [0.4, 0.5) is 5.69 Å². The molecule has 2 N–H and O–H groups in total. The van der Waals surface area contributed by atoms with Crippen molar-refractivity contribution in [3.05, 3.63) is 65.4 Å². The lowest BCUT2D eigenvalue weighted by Crippen LogP contribution is -2.22. The highest BCUT2D eigenvalue weighted by molar-refractivity contribution is 6.00. The maximum Gasteiger partial charge on any atom is 0.337 e. The summed E-state index contributed by atoms with van der Waals surface area (Å²) >= 11 is 0. The third-order valence-electron chi connectivity index (χ3n) is 4.43. The van der Waals surface area contributed by atoms with Crippen molar-refractivity contribution in [1.82, 2.24) is 4.98 Å². The van der Waals surface area contributed by atoms with Gasteiger partial charge in [0, 0.05) is 22.8 Å². The summed E-state index contributed by atoms with van der Waals surface area (Å²) in [6.45, 7) is -0.531. The number of para-hydroxylation sites is 1. The average Bonchev–Trinajstić information content (AvgIpc) is 3.19. The van der Waals surface area contributed by atoms with Crippen LogP contribution in [-0.2, 0) is 30.2 Å². The predicted molar refractivity (Wildman–Crippen MR) is 111 cm³/mol. The molecule has 0 fully saturated rings. The van der Waals surface area contributed by atoms with Crippen LogP contribution in [0, 0.1) is 0 Å². The number of benzene rings is 2. The highest BCUT2D eigenvalue weighted by Crippen LogP contribution is 2.19. The Bertz CT molecular complexity index is 1120. The summed E-state index contributed by atoms with van der Waals surface area (Å²) in [7, 11) is 2.39. The average molecular weight is 424 g/mol. The van der Waals surface area contributed by atoms with Gasteiger partial charge in [0.2, 0.25) is 0 Å². The van der Waals surface area contributed by atoms with Gasteiger partial charge in [-0.25, -0.2) is 9.59 Å². The summed E-state index contributed by atoms with van der Waals surface area (Å²) in [4.78, 5) is 51.0. The van der Waals surface area contributed by atoms with Gasteiger partial charge in [-0.15, -0.1) is 0 Å². The third kappa shape index (κ3) is 5.27. The maximum absolute atomic E-state index is 12.2. The highest BCUT2D eigenvalue weighted by atomic mass is 16.5. The molecule has 3 aromatic rings. The van der Waals surface area contributed by atoms with Crippen LogP contribution in [0.3, 0.4) is 0 Å². The van der Waals surface area contributed by atoms with Gasteiger partial charge in [0.15, 0.2) is 6.61 Å². The minimum absolute atomic E-state index is 0.00160. The molecular formula is C22H20N2O7. The lowest BCUT2D eigenvalue weighted by Gasteiger charge is -2.10. The van der Waals surface area contributed by atoms with Crippen molar-refractivity contribution in [2.75, 3.05) is 26.1 Å². The van der Waals surface area contributed by atoms with Gasteiger partial charge < -0.3 is 24.5 Å². The first kappa shape index (κ1) is 21.6. The fourth-order valence-electron chi connectivity index (χ4n) is 3.00. The number of aromatic amines is 1. The van der Waals surface area contributed by atoms with E-state index >= 15 is 0 Å². The van der Waals surface area contributed by atoms with E-state index in [0.717, 1.165) is 16.5 Å². The molecule has 0 bridgehead atoms. The van der Waals surface area contributed by atoms with Gasteiger partial charge in [0.05, 0.1) is 31.8 Å². The largest absolute Gasteiger partial charge is 0.465 e. The number of ether oxygens (including phenoxy) is 3. The van der Waals surface area contributed by atoms with Crippen LogP contribution >= 0.6 is 0 Å². The first-order valence-electron chi connectivity index (χ1n) is 9.23. The molecule has 160 valence electrons. The Morgan fingerprint density at radius 2 is 1.58 bits per heavy atom. The lowest BCUT2D eigenvalue weighted by atomic mass is 10.1. The van der Waals surface area contributed by atoms with E-state index in [9.17, 15) is 19.2 Å². The van der Waals surface area contributed by atoms with E-state index < -0.39 is 30.4 Å². The predicted octanol–water partition coefficient (Wildman–Crippen LogP) is 2.47. The highest BCUT2D eigenvalue weighted by Gasteiger charge is 2.16. The zero-order chi connectivity index (χ0) is 22.4. The molecule has 1 heterocycles. The first-order chi connectivity index (χ1) is 14.9. The van der Waals surface area contributed by atoms with Gasteiger partial charge in [-0.05, 0) is 29.8 Å². The summed E-state index contributed by atoms with van der Waals surface area (Å²) < 4.78 is 14.3. The number of fused-ring (bicyclic) bond motifs is 1. The van der Waals surface area contributed by atoms with Crippen molar-refractivity contribution in [3.63, 3.8) is 0 Å². The van der Waals surface area contributed by atoms with Gasteiger partial charge in [0.1, 0.15) is 0 Å². The molecule has 0 aliphatic heterocycles. The number of H-pyrrole nitrogens is 1. The van der Waals surface area contributed by atoms with E-state index in [4.69, 9.17) is 4.74 Å². The Morgan fingerprint density at radius 1 is 0.935 bits per heavy atom. The Kier molecular flexibility index (Phi) is 6.66. The van der Waals surface area contributed by atoms with Crippen molar-refractivity contribution in [2.24, 2.45) is 0 Å².